The molecule has 0 radical (unpaired) electrons. The molecule has 2 heterocycles. The molecule has 160 valence electrons. The van der Waals surface area contributed by atoms with Crippen LogP contribution in [0.15, 0.2) is 18.2 Å². The lowest BCUT2D eigenvalue weighted by molar-refractivity contribution is -0.123. The molecule has 8 heteroatoms. The Morgan fingerprint density at radius 1 is 1.17 bits per heavy atom. The molecule has 3 rings (SSSR count). The Morgan fingerprint density at radius 2 is 1.86 bits per heavy atom. The van der Waals surface area contributed by atoms with E-state index in [4.69, 9.17) is 18.9 Å². The van der Waals surface area contributed by atoms with Crippen molar-refractivity contribution in [2.75, 3.05) is 40.0 Å². The summed E-state index contributed by atoms with van der Waals surface area (Å²) in [4.78, 5) is 26.5. The van der Waals surface area contributed by atoms with Gasteiger partial charge in [-0.3, -0.25) is 9.59 Å². The van der Waals surface area contributed by atoms with Gasteiger partial charge in [-0.05, 0) is 44.9 Å². The van der Waals surface area contributed by atoms with E-state index >= 15 is 0 Å². The van der Waals surface area contributed by atoms with E-state index in [9.17, 15) is 9.59 Å². The topological polar surface area (TPSA) is 86.3 Å². The lowest BCUT2D eigenvalue weighted by Gasteiger charge is -2.34. The van der Waals surface area contributed by atoms with Crippen LogP contribution in [-0.4, -0.2) is 69.1 Å². The first-order valence-electron chi connectivity index (χ1n) is 10.1. The summed E-state index contributed by atoms with van der Waals surface area (Å²) in [7, 11) is 1.51. The zero-order valence-electron chi connectivity index (χ0n) is 17.3. The van der Waals surface area contributed by atoms with Crippen molar-refractivity contribution in [3.8, 4) is 11.5 Å². The summed E-state index contributed by atoms with van der Waals surface area (Å²) in [6, 6.07) is 5.08. The van der Waals surface area contributed by atoms with Crippen molar-refractivity contribution in [2.24, 2.45) is 5.92 Å². The maximum atomic E-state index is 12.9. The summed E-state index contributed by atoms with van der Waals surface area (Å²) >= 11 is 0. The highest BCUT2D eigenvalue weighted by atomic mass is 16.7. The Kier molecular flexibility index (Phi) is 7.33. The quantitative estimate of drug-likeness (QED) is 0.743. The molecule has 2 aliphatic rings. The summed E-state index contributed by atoms with van der Waals surface area (Å²) in [5, 5.41) is 2.76. The van der Waals surface area contributed by atoms with Gasteiger partial charge in [0.25, 0.3) is 11.8 Å². The van der Waals surface area contributed by atoms with E-state index in [2.05, 4.69) is 5.32 Å². The highest BCUT2D eigenvalue weighted by molar-refractivity contribution is 5.95. The van der Waals surface area contributed by atoms with Crippen LogP contribution in [0.2, 0.25) is 0 Å². The first-order valence-corrected chi connectivity index (χ1v) is 10.1. The van der Waals surface area contributed by atoms with Gasteiger partial charge in [0.05, 0.1) is 20.3 Å². The Morgan fingerprint density at radius 3 is 2.48 bits per heavy atom. The number of piperidine rings is 1. The van der Waals surface area contributed by atoms with Crippen LogP contribution < -0.4 is 14.8 Å². The zero-order valence-corrected chi connectivity index (χ0v) is 17.3. The Bertz CT molecular complexity index is 709. The molecule has 8 nitrogen and oxygen atoms in total. The Balaban J connectivity index is 1.57. The van der Waals surface area contributed by atoms with E-state index < -0.39 is 0 Å². The van der Waals surface area contributed by atoms with Gasteiger partial charge in [-0.1, -0.05) is 0 Å². The molecular formula is C21H30N2O6. The normalized spacial score (nSPS) is 18.1. The van der Waals surface area contributed by atoms with E-state index in [0.717, 1.165) is 12.8 Å². The van der Waals surface area contributed by atoms with Crippen LogP contribution in [0.25, 0.3) is 0 Å². The minimum absolute atomic E-state index is 0.0425. The maximum absolute atomic E-state index is 12.9. The number of nitrogens with one attached hydrogen (secondary N) is 1. The number of ether oxygens (including phenoxy) is 4. The van der Waals surface area contributed by atoms with Crippen molar-refractivity contribution in [2.45, 2.75) is 39.0 Å². The number of amides is 2. The SMILES string of the molecule is COc1cc(C(=O)N2CCC(C3OCCO3)CC2)ccc1OCC(=O)NC(C)C. The average molecular weight is 406 g/mol. The molecule has 0 bridgehead atoms. The fourth-order valence-corrected chi connectivity index (χ4v) is 3.63. The van der Waals surface area contributed by atoms with Gasteiger partial charge in [-0.25, -0.2) is 0 Å². The van der Waals surface area contributed by atoms with Crippen molar-refractivity contribution >= 4 is 11.8 Å². The van der Waals surface area contributed by atoms with Crippen LogP contribution in [0, 0.1) is 5.92 Å². The molecule has 1 aromatic rings. The first kappa shape index (κ1) is 21.4. The number of hydrogen-bond donors (Lipinski definition) is 1. The van der Waals surface area contributed by atoms with Crippen LogP contribution in [0.4, 0.5) is 0 Å². The van der Waals surface area contributed by atoms with Gasteiger partial charge in [0.1, 0.15) is 0 Å². The number of nitrogens with zero attached hydrogens (tertiary/aromatic N) is 1. The van der Waals surface area contributed by atoms with Gasteiger partial charge in [0.15, 0.2) is 24.4 Å². The summed E-state index contributed by atoms with van der Waals surface area (Å²) < 4.78 is 22.1. The summed E-state index contributed by atoms with van der Waals surface area (Å²) in [5.41, 5.74) is 0.535. The van der Waals surface area contributed by atoms with Gasteiger partial charge >= 0.3 is 0 Å². The minimum Gasteiger partial charge on any atom is -0.493 e. The molecule has 2 aliphatic heterocycles. The molecule has 0 aromatic heterocycles. The number of methoxy groups -OCH3 is 1. The van der Waals surface area contributed by atoms with Gasteiger partial charge in [-0.2, -0.15) is 0 Å². The van der Waals surface area contributed by atoms with Crippen molar-refractivity contribution in [3.05, 3.63) is 23.8 Å². The third-order valence-corrected chi connectivity index (χ3v) is 5.08. The standard InChI is InChI=1S/C21H30N2O6/c1-14(2)22-19(24)13-29-17-5-4-16(12-18(17)26-3)20(25)23-8-6-15(7-9-23)21-27-10-11-28-21/h4-5,12,14-15,21H,6-11,13H2,1-3H3,(H,22,24). The molecule has 1 N–H and O–H groups in total. The molecule has 2 fully saturated rings. The molecule has 2 saturated heterocycles. The number of benzene rings is 1. The Labute approximate surface area is 171 Å². The van der Waals surface area contributed by atoms with E-state index in [1.165, 1.54) is 7.11 Å². The molecule has 0 saturated carbocycles. The largest absolute Gasteiger partial charge is 0.493 e. The Hall–Kier alpha value is -2.32. The highest BCUT2D eigenvalue weighted by Crippen LogP contribution is 2.30. The third-order valence-electron chi connectivity index (χ3n) is 5.08. The van der Waals surface area contributed by atoms with Crippen molar-refractivity contribution in [1.29, 1.82) is 0 Å². The molecule has 0 aliphatic carbocycles. The summed E-state index contributed by atoms with van der Waals surface area (Å²) in [6.45, 7) is 6.30. The highest BCUT2D eigenvalue weighted by Gasteiger charge is 2.32. The van der Waals surface area contributed by atoms with Crippen LogP contribution in [-0.2, 0) is 14.3 Å². The molecule has 0 unspecified atom stereocenters. The fourth-order valence-electron chi connectivity index (χ4n) is 3.63. The minimum atomic E-state index is -0.208. The fraction of sp³-hybridized carbons (Fsp3) is 0.619. The average Bonchev–Trinajstić information content (AvgIpc) is 3.26. The van der Waals surface area contributed by atoms with Gasteiger partial charge < -0.3 is 29.2 Å². The molecular weight excluding hydrogens is 376 g/mol. The molecule has 2 amide bonds. The summed E-state index contributed by atoms with van der Waals surface area (Å²) in [5.74, 6) is 0.941. The lowest BCUT2D eigenvalue weighted by Crippen LogP contribution is -2.41. The summed E-state index contributed by atoms with van der Waals surface area (Å²) in [6.07, 6.45) is 1.59. The lowest BCUT2D eigenvalue weighted by atomic mass is 9.95. The molecule has 0 atom stereocenters. The third kappa shape index (κ3) is 5.61. The number of rotatable bonds is 7. The molecule has 1 aromatic carbocycles. The second kappa shape index (κ2) is 9.93. The van der Waals surface area contributed by atoms with Crippen molar-refractivity contribution in [3.63, 3.8) is 0 Å². The molecule has 0 spiro atoms. The number of likely N-dealkylation sites (tertiary alicyclic amines) is 1. The van der Waals surface area contributed by atoms with Crippen LogP contribution in [0.3, 0.4) is 0 Å². The van der Waals surface area contributed by atoms with Gasteiger partial charge in [0, 0.05) is 30.6 Å². The van der Waals surface area contributed by atoms with Crippen LogP contribution >= 0.6 is 0 Å². The number of carbonyl (C=O) groups excluding carboxylic acids is 2. The number of carbonyl (C=O) groups is 2. The van der Waals surface area contributed by atoms with Crippen LogP contribution in [0.5, 0.6) is 11.5 Å². The zero-order chi connectivity index (χ0) is 20.8. The van der Waals surface area contributed by atoms with E-state index in [1.807, 2.05) is 18.7 Å². The smallest absolute Gasteiger partial charge is 0.258 e. The van der Waals surface area contributed by atoms with E-state index in [0.29, 0.717) is 49.3 Å². The van der Waals surface area contributed by atoms with Crippen LogP contribution in [0.1, 0.15) is 37.0 Å². The monoisotopic (exact) mass is 406 g/mol. The van der Waals surface area contributed by atoms with Gasteiger partial charge in [0.2, 0.25) is 0 Å². The number of hydrogen-bond acceptors (Lipinski definition) is 6. The molecule has 29 heavy (non-hydrogen) atoms. The van der Waals surface area contributed by atoms with Crippen molar-refractivity contribution in [1.82, 2.24) is 10.2 Å². The van der Waals surface area contributed by atoms with Crippen molar-refractivity contribution < 1.29 is 28.5 Å². The van der Waals surface area contributed by atoms with E-state index in [1.54, 1.807) is 18.2 Å². The van der Waals surface area contributed by atoms with E-state index in [-0.39, 0.29) is 30.8 Å². The predicted octanol–water partition coefficient (Wildman–Crippen LogP) is 1.82. The predicted molar refractivity (Wildman–Crippen MR) is 106 cm³/mol. The second-order valence-electron chi connectivity index (χ2n) is 7.62. The maximum Gasteiger partial charge on any atom is 0.258 e. The first-order chi connectivity index (χ1) is 14.0. The second-order valence-corrected chi connectivity index (χ2v) is 7.62. The van der Waals surface area contributed by atoms with Gasteiger partial charge in [-0.15, -0.1) is 0 Å².